The monoisotopic (exact) mass is 232 g/mol. The number of hydrogen-bond acceptors (Lipinski definition) is 3. The molecule has 16 heavy (non-hydrogen) atoms. The molecule has 2 rings (SSSR count). The number of nitrogens with one attached hydrogen (secondary N) is 1. The predicted molar refractivity (Wildman–Crippen MR) is 64.1 cm³/mol. The maximum atomic E-state index is 12.0. The van der Waals surface area contributed by atoms with Gasteiger partial charge in [0, 0.05) is 12.2 Å². The van der Waals surface area contributed by atoms with Crippen molar-refractivity contribution in [1.29, 1.82) is 0 Å². The maximum Gasteiger partial charge on any atom is 0.253 e. The number of ketones is 1. The lowest BCUT2D eigenvalue weighted by molar-refractivity contribution is 0.103. The minimum Gasteiger partial charge on any atom is -0.397 e. The van der Waals surface area contributed by atoms with Gasteiger partial charge in [0.05, 0.1) is 11.4 Å². The van der Waals surface area contributed by atoms with Crippen LogP contribution >= 0.6 is 11.3 Å². The molecule has 4 heteroatoms. The molecule has 1 fully saturated rings. The number of thiophene rings is 1. The molecule has 1 aromatic rings. The standard InChI is InChI=1S/C12H12N2OS/c1-13-11(9-5-2-3-7-14-9)12(15)10-6-4-8-16-10/h4,6,8,14H,2-3,5,7H2/b11-9-. The van der Waals surface area contributed by atoms with E-state index in [9.17, 15) is 4.79 Å². The Morgan fingerprint density at radius 3 is 2.94 bits per heavy atom. The molecule has 3 nitrogen and oxygen atoms in total. The Balaban J connectivity index is 2.29. The molecule has 0 saturated carbocycles. The van der Waals surface area contributed by atoms with Crippen LogP contribution in [0.15, 0.2) is 28.9 Å². The fourth-order valence-electron chi connectivity index (χ4n) is 1.74. The van der Waals surface area contributed by atoms with E-state index in [-0.39, 0.29) is 11.5 Å². The molecule has 1 aromatic heterocycles. The lowest BCUT2D eigenvalue weighted by Gasteiger charge is -2.17. The molecule has 0 aromatic carbocycles. The second-order valence-corrected chi connectivity index (χ2v) is 4.58. The van der Waals surface area contributed by atoms with Crippen molar-refractivity contribution in [3.63, 3.8) is 0 Å². The number of Topliss-reactive ketones (excluding diaryl/α,β-unsaturated/α-hetero) is 1. The molecule has 0 amide bonds. The third-order valence-electron chi connectivity index (χ3n) is 2.55. The second-order valence-electron chi connectivity index (χ2n) is 3.63. The Hall–Kier alpha value is -1.60. The van der Waals surface area contributed by atoms with Crippen LogP contribution in [0, 0.1) is 6.57 Å². The van der Waals surface area contributed by atoms with E-state index in [2.05, 4.69) is 10.2 Å². The van der Waals surface area contributed by atoms with E-state index in [1.165, 1.54) is 11.3 Å². The molecular formula is C12H12N2OS. The molecule has 0 bridgehead atoms. The van der Waals surface area contributed by atoms with E-state index in [4.69, 9.17) is 6.57 Å². The van der Waals surface area contributed by atoms with Gasteiger partial charge in [-0.3, -0.25) is 0 Å². The van der Waals surface area contributed by atoms with Gasteiger partial charge in [0.15, 0.2) is 0 Å². The summed E-state index contributed by atoms with van der Waals surface area (Å²) in [5.41, 5.74) is 1.08. The van der Waals surface area contributed by atoms with Crippen LogP contribution in [0.4, 0.5) is 0 Å². The Kier molecular flexibility index (Phi) is 3.37. The van der Waals surface area contributed by atoms with Crippen molar-refractivity contribution in [2.45, 2.75) is 19.3 Å². The van der Waals surface area contributed by atoms with Gasteiger partial charge < -0.3 is 10.1 Å². The number of nitrogens with zero attached hydrogens (tertiary/aromatic N) is 1. The highest BCUT2D eigenvalue weighted by molar-refractivity contribution is 7.12. The van der Waals surface area contributed by atoms with Gasteiger partial charge in [0.2, 0.25) is 5.78 Å². The normalized spacial score (nSPS) is 18.4. The zero-order valence-corrected chi connectivity index (χ0v) is 9.64. The van der Waals surface area contributed by atoms with Crippen LogP contribution in [0.25, 0.3) is 4.85 Å². The van der Waals surface area contributed by atoms with E-state index in [1.54, 1.807) is 6.07 Å². The van der Waals surface area contributed by atoms with Crippen molar-refractivity contribution in [3.8, 4) is 0 Å². The first kappa shape index (κ1) is 10.9. The highest BCUT2D eigenvalue weighted by Crippen LogP contribution is 2.21. The fourth-order valence-corrected chi connectivity index (χ4v) is 2.40. The van der Waals surface area contributed by atoms with Crippen molar-refractivity contribution >= 4 is 17.1 Å². The summed E-state index contributed by atoms with van der Waals surface area (Å²) in [4.78, 5) is 16.1. The summed E-state index contributed by atoms with van der Waals surface area (Å²) in [6.45, 7) is 8.01. The number of allylic oxidation sites excluding steroid dienone is 2. The topological polar surface area (TPSA) is 33.5 Å². The van der Waals surface area contributed by atoms with Gasteiger partial charge in [-0.15, -0.1) is 11.3 Å². The number of rotatable bonds is 2. The summed E-state index contributed by atoms with van der Waals surface area (Å²) >= 11 is 1.38. The van der Waals surface area contributed by atoms with Gasteiger partial charge in [0.25, 0.3) is 5.70 Å². The summed E-state index contributed by atoms with van der Waals surface area (Å²) in [6, 6.07) is 3.60. The van der Waals surface area contributed by atoms with Gasteiger partial charge in [-0.2, -0.15) is 0 Å². The lowest BCUT2D eigenvalue weighted by atomic mass is 10.1. The van der Waals surface area contributed by atoms with Gasteiger partial charge in [-0.05, 0) is 30.7 Å². The Morgan fingerprint density at radius 2 is 2.38 bits per heavy atom. The lowest BCUT2D eigenvalue weighted by Crippen LogP contribution is -2.22. The summed E-state index contributed by atoms with van der Waals surface area (Å²) in [5, 5.41) is 5.02. The molecule has 1 saturated heterocycles. The summed E-state index contributed by atoms with van der Waals surface area (Å²) in [5.74, 6) is -0.144. The van der Waals surface area contributed by atoms with Crippen molar-refractivity contribution in [2.75, 3.05) is 6.54 Å². The quantitative estimate of drug-likeness (QED) is 0.483. The zero-order valence-electron chi connectivity index (χ0n) is 8.82. The first-order valence-electron chi connectivity index (χ1n) is 5.25. The predicted octanol–water partition coefficient (Wildman–Crippen LogP) is 2.84. The summed E-state index contributed by atoms with van der Waals surface area (Å²) in [6.07, 6.45) is 2.98. The van der Waals surface area contributed by atoms with Gasteiger partial charge >= 0.3 is 0 Å². The van der Waals surface area contributed by atoms with Gasteiger partial charge in [0.1, 0.15) is 0 Å². The van der Waals surface area contributed by atoms with Crippen LogP contribution < -0.4 is 5.32 Å². The molecule has 1 aliphatic heterocycles. The van der Waals surface area contributed by atoms with Crippen LogP contribution in [0.5, 0.6) is 0 Å². The van der Waals surface area contributed by atoms with E-state index >= 15 is 0 Å². The number of hydrogen-bond donors (Lipinski definition) is 1. The Labute approximate surface area is 98.6 Å². The maximum absolute atomic E-state index is 12.0. The molecule has 0 spiro atoms. The molecule has 1 aliphatic rings. The number of carbonyl (C=O) groups is 1. The van der Waals surface area contributed by atoms with Crippen LogP contribution in [0.1, 0.15) is 28.9 Å². The number of carbonyl (C=O) groups excluding carboxylic acids is 1. The first-order chi connectivity index (χ1) is 7.83. The molecule has 0 atom stereocenters. The molecular weight excluding hydrogens is 220 g/mol. The van der Waals surface area contributed by atoms with E-state index in [1.807, 2.05) is 11.4 Å². The van der Waals surface area contributed by atoms with Crippen LogP contribution in [0.2, 0.25) is 0 Å². The van der Waals surface area contributed by atoms with E-state index < -0.39 is 0 Å². The summed E-state index contributed by atoms with van der Waals surface area (Å²) < 4.78 is 0. The molecule has 82 valence electrons. The zero-order chi connectivity index (χ0) is 11.4. The van der Waals surface area contributed by atoms with Crippen molar-refractivity contribution < 1.29 is 4.79 Å². The van der Waals surface area contributed by atoms with Gasteiger partial charge in [-0.25, -0.2) is 4.85 Å². The summed E-state index contributed by atoms with van der Waals surface area (Å²) in [7, 11) is 0. The fraction of sp³-hybridized carbons (Fsp3) is 0.333. The number of piperidine rings is 1. The first-order valence-corrected chi connectivity index (χ1v) is 6.13. The smallest absolute Gasteiger partial charge is 0.253 e. The minimum absolute atomic E-state index is 0.144. The average molecular weight is 232 g/mol. The largest absolute Gasteiger partial charge is 0.397 e. The third kappa shape index (κ3) is 2.15. The minimum atomic E-state index is -0.144. The molecule has 2 heterocycles. The Morgan fingerprint density at radius 1 is 1.50 bits per heavy atom. The SMILES string of the molecule is [C-]#[N+]/C(C(=O)c1cccs1)=C1/CCCCN1. The average Bonchev–Trinajstić information content (AvgIpc) is 2.85. The molecule has 0 unspecified atom stereocenters. The molecule has 1 N–H and O–H groups in total. The van der Waals surface area contributed by atoms with Gasteiger partial charge in [-0.1, -0.05) is 6.07 Å². The molecule has 0 radical (unpaired) electrons. The highest BCUT2D eigenvalue weighted by Gasteiger charge is 2.19. The molecule has 0 aliphatic carbocycles. The Bertz CT molecular complexity index is 446. The van der Waals surface area contributed by atoms with Crippen molar-refractivity contribution in [2.24, 2.45) is 0 Å². The second kappa shape index (κ2) is 4.95. The van der Waals surface area contributed by atoms with E-state index in [0.717, 1.165) is 31.5 Å². The van der Waals surface area contributed by atoms with Crippen molar-refractivity contribution in [3.05, 3.63) is 45.2 Å². The third-order valence-corrected chi connectivity index (χ3v) is 3.42. The van der Waals surface area contributed by atoms with Crippen LogP contribution in [0.3, 0.4) is 0 Å². The highest BCUT2D eigenvalue weighted by atomic mass is 32.1. The van der Waals surface area contributed by atoms with Crippen molar-refractivity contribution in [1.82, 2.24) is 5.32 Å². The van der Waals surface area contributed by atoms with E-state index in [0.29, 0.717) is 4.88 Å². The van der Waals surface area contributed by atoms with Crippen LogP contribution in [-0.4, -0.2) is 12.3 Å². The van der Waals surface area contributed by atoms with Crippen LogP contribution in [-0.2, 0) is 0 Å².